The molecule has 0 saturated heterocycles. The molecule has 0 atom stereocenters. The lowest BCUT2D eigenvalue weighted by Gasteiger charge is -2.10. The number of amides is 1. The molecule has 0 saturated carbocycles. The van der Waals surface area contributed by atoms with E-state index in [4.69, 9.17) is 0 Å². The highest BCUT2D eigenvalue weighted by molar-refractivity contribution is 5.75. The van der Waals surface area contributed by atoms with Gasteiger partial charge in [-0.3, -0.25) is 9.78 Å². The predicted molar refractivity (Wildman–Crippen MR) is 76.7 cm³/mol. The molecule has 5 nitrogen and oxygen atoms in total. The minimum atomic E-state index is 0.112. The third-order valence-corrected chi connectivity index (χ3v) is 2.71. The summed E-state index contributed by atoms with van der Waals surface area (Å²) in [5, 5.41) is 6.17. The first-order valence-electron chi connectivity index (χ1n) is 6.69. The van der Waals surface area contributed by atoms with Crippen LogP contribution in [0.1, 0.15) is 18.4 Å². The maximum absolute atomic E-state index is 11.5. The third-order valence-electron chi connectivity index (χ3n) is 2.71. The summed E-state index contributed by atoms with van der Waals surface area (Å²) in [5.74, 6) is 0.112. The van der Waals surface area contributed by atoms with Crippen LogP contribution in [0.5, 0.6) is 0 Å². The highest BCUT2D eigenvalue weighted by Crippen LogP contribution is 1.94. The van der Waals surface area contributed by atoms with E-state index in [0.29, 0.717) is 13.0 Å². The van der Waals surface area contributed by atoms with Gasteiger partial charge in [0.15, 0.2) is 0 Å². The van der Waals surface area contributed by atoms with E-state index in [9.17, 15) is 4.79 Å². The van der Waals surface area contributed by atoms with Gasteiger partial charge in [-0.1, -0.05) is 0 Å². The molecule has 19 heavy (non-hydrogen) atoms. The van der Waals surface area contributed by atoms with E-state index >= 15 is 0 Å². The van der Waals surface area contributed by atoms with Crippen LogP contribution in [0.2, 0.25) is 0 Å². The summed E-state index contributed by atoms with van der Waals surface area (Å²) < 4.78 is 0. The Morgan fingerprint density at radius 2 is 2.00 bits per heavy atom. The van der Waals surface area contributed by atoms with Gasteiger partial charge in [0.25, 0.3) is 0 Å². The van der Waals surface area contributed by atoms with Crippen molar-refractivity contribution < 1.29 is 4.79 Å². The van der Waals surface area contributed by atoms with Gasteiger partial charge in [-0.05, 0) is 44.8 Å². The highest BCUT2D eigenvalue weighted by atomic mass is 16.1. The van der Waals surface area contributed by atoms with E-state index in [-0.39, 0.29) is 5.91 Å². The molecule has 0 aliphatic heterocycles. The second-order valence-corrected chi connectivity index (χ2v) is 4.79. The van der Waals surface area contributed by atoms with Crippen LogP contribution in [0.3, 0.4) is 0 Å². The van der Waals surface area contributed by atoms with Crippen LogP contribution >= 0.6 is 0 Å². The third kappa shape index (κ3) is 8.29. The molecule has 0 spiro atoms. The number of carbonyl (C=O) groups is 1. The van der Waals surface area contributed by atoms with Gasteiger partial charge in [0.2, 0.25) is 5.91 Å². The zero-order valence-electron chi connectivity index (χ0n) is 11.9. The summed E-state index contributed by atoms with van der Waals surface area (Å²) in [6.45, 7) is 3.22. The first-order valence-corrected chi connectivity index (χ1v) is 6.69. The lowest BCUT2D eigenvalue weighted by molar-refractivity contribution is -0.121. The molecule has 0 fully saturated rings. The molecule has 1 rings (SSSR count). The zero-order valence-corrected chi connectivity index (χ0v) is 11.9. The van der Waals surface area contributed by atoms with Crippen molar-refractivity contribution in [2.75, 3.05) is 33.7 Å². The van der Waals surface area contributed by atoms with E-state index in [1.807, 2.05) is 26.2 Å². The average Bonchev–Trinajstić information content (AvgIpc) is 2.41. The van der Waals surface area contributed by atoms with Crippen LogP contribution in [0, 0.1) is 0 Å². The van der Waals surface area contributed by atoms with Gasteiger partial charge >= 0.3 is 0 Å². The molecule has 1 aromatic heterocycles. The summed E-state index contributed by atoms with van der Waals surface area (Å²) >= 11 is 0. The largest absolute Gasteiger partial charge is 0.356 e. The summed E-state index contributed by atoms with van der Waals surface area (Å²) in [7, 11) is 4.07. The monoisotopic (exact) mass is 264 g/mol. The second kappa shape index (κ2) is 9.47. The first kappa shape index (κ1) is 15.6. The van der Waals surface area contributed by atoms with Crippen molar-refractivity contribution in [2.45, 2.75) is 19.4 Å². The molecule has 2 N–H and O–H groups in total. The predicted octanol–water partition coefficient (Wildman–Crippen LogP) is 0.629. The quantitative estimate of drug-likeness (QED) is 0.642. The lowest BCUT2D eigenvalue weighted by Crippen LogP contribution is -2.29. The molecule has 0 unspecified atom stereocenters. The molecule has 1 amide bonds. The van der Waals surface area contributed by atoms with Crippen LogP contribution in [-0.4, -0.2) is 49.5 Å². The van der Waals surface area contributed by atoms with Crippen molar-refractivity contribution in [3.8, 4) is 0 Å². The molecule has 0 radical (unpaired) electrons. The van der Waals surface area contributed by atoms with Gasteiger partial charge in [-0.2, -0.15) is 0 Å². The number of aromatic nitrogens is 1. The molecule has 0 aliphatic carbocycles. The summed E-state index contributed by atoms with van der Waals surface area (Å²) in [4.78, 5) is 17.6. The summed E-state index contributed by atoms with van der Waals surface area (Å²) in [6.07, 6.45) is 5.05. The Balaban J connectivity index is 1.98. The second-order valence-electron chi connectivity index (χ2n) is 4.79. The Morgan fingerprint density at radius 1 is 1.26 bits per heavy atom. The fraction of sp³-hybridized carbons (Fsp3) is 0.571. The normalized spacial score (nSPS) is 10.7. The van der Waals surface area contributed by atoms with Gasteiger partial charge in [0, 0.05) is 38.4 Å². The topological polar surface area (TPSA) is 57.3 Å². The Kier molecular flexibility index (Phi) is 7.77. The number of carbonyl (C=O) groups excluding carboxylic acids is 1. The molecule has 0 aliphatic rings. The van der Waals surface area contributed by atoms with Crippen LogP contribution < -0.4 is 10.6 Å². The zero-order chi connectivity index (χ0) is 13.9. The fourth-order valence-electron chi connectivity index (χ4n) is 1.65. The van der Waals surface area contributed by atoms with Crippen LogP contribution in [0.4, 0.5) is 0 Å². The molecule has 0 aromatic carbocycles. The number of rotatable bonds is 9. The van der Waals surface area contributed by atoms with Crippen molar-refractivity contribution in [3.63, 3.8) is 0 Å². The van der Waals surface area contributed by atoms with Crippen LogP contribution in [0.15, 0.2) is 24.5 Å². The van der Waals surface area contributed by atoms with Gasteiger partial charge in [-0.25, -0.2) is 0 Å². The Hall–Kier alpha value is -1.46. The molecule has 1 heterocycles. The van der Waals surface area contributed by atoms with Gasteiger partial charge in [0.1, 0.15) is 0 Å². The van der Waals surface area contributed by atoms with E-state index in [2.05, 4.69) is 20.5 Å². The Labute approximate surface area is 115 Å². The van der Waals surface area contributed by atoms with Gasteiger partial charge < -0.3 is 15.5 Å². The minimum absolute atomic E-state index is 0.112. The van der Waals surface area contributed by atoms with Gasteiger partial charge in [-0.15, -0.1) is 0 Å². The fourth-order valence-corrected chi connectivity index (χ4v) is 1.65. The molecular formula is C14H24N4O. The average molecular weight is 264 g/mol. The Bertz CT molecular complexity index is 354. The smallest absolute Gasteiger partial charge is 0.221 e. The molecular weight excluding hydrogens is 240 g/mol. The maximum Gasteiger partial charge on any atom is 0.221 e. The van der Waals surface area contributed by atoms with E-state index in [1.54, 1.807) is 12.4 Å². The molecule has 1 aromatic rings. The highest BCUT2D eigenvalue weighted by Gasteiger charge is 2.00. The standard InChI is InChI=1S/C14H24N4O/c1-18(2)11-3-7-17-14(19)6-10-16-12-13-4-8-15-9-5-13/h4-5,8-9,16H,3,6-7,10-12H2,1-2H3,(H,17,19). The van der Waals surface area contributed by atoms with Crippen molar-refractivity contribution in [3.05, 3.63) is 30.1 Å². The van der Waals surface area contributed by atoms with Gasteiger partial charge in [0.05, 0.1) is 0 Å². The van der Waals surface area contributed by atoms with E-state index < -0.39 is 0 Å². The summed E-state index contributed by atoms with van der Waals surface area (Å²) in [6, 6.07) is 3.93. The van der Waals surface area contributed by atoms with Crippen LogP contribution in [0.25, 0.3) is 0 Å². The van der Waals surface area contributed by atoms with Crippen molar-refractivity contribution in [1.29, 1.82) is 0 Å². The van der Waals surface area contributed by atoms with Crippen molar-refractivity contribution in [2.24, 2.45) is 0 Å². The SMILES string of the molecule is CN(C)CCCNC(=O)CCNCc1ccncc1. The number of hydrogen-bond acceptors (Lipinski definition) is 4. The van der Waals surface area contributed by atoms with E-state index in [0.717, 1.165) is 26.1 Å². The van der Waals surface area contributed by atoms with Crippen molar-refractivity contribution in [1.82, 2.24) is 20.5 Å². The summed E-state index contributed by atoms with van der Waals surface area (Å²) in [5.41, 5.74) is 1.18. The van der Waals surface area contributed by atoms with Crippen LogP contribution in [-0.2, 0) is 11.3 Å². The van der Waals surface area contributed by atoms with Crippen molar-refractivity contribution >= 4 is 5.91 Å². The number of hydrogen-bond donors (Lipinski definition) is 2. The lowest BCUT2D eigenvalue weighted by atomic mass is 10.2. The molecule has 0 bridgehead atoms. The number of nitrogens with one attached hydrogen (secondary N) is 2. The number of nitrogens with zero attached hydrogens (tertiary/aromatic N) is 2. The Morgan fingerprint density at radius 3 is 2.68 bits per heavy atom. The number of pyridine rings is 1. The van der Waals surface area contributed by atoms with E-state index in [1.165, 1.54) is 5.56 Å². The molecule has 5 heteroatoms. The first-order chi connectivity index (χ1) is 9.18. The molecule has 106 valence electrons. The maximum atomic E-state index is 11.5. The minimum Gasteiger partial charge on any atom is -0.356 e.